The van der Waals surface area contributed by atoms with Gasteiger partial charge in [-0.3, -0.25) is 14.5 Å². The quantitative estimate of drug-likeness (QED) is 0.745. The Balaban J connectivity index is 0.000000861. The van der Waals surface area contributed by atoms with E-state index in [1.165, 1.54) is 0 Å². The van der Waals surface area contributed by atoms with Crippen LogP contribution in [0.5, 0.6) is 0 Å². The summed E-state index contributed by atoms with van der Waals surface area (Å²) >= 11 is 0. The smallest absolute Gasteiger partial charge is 0.236 e. The van der Waals surface area contributed by atoms with Crippen molar-refractivity contribution in [3.8, 4) is 0 Å². The van der Waals surface area contributed by atoms with Crippen molar-refractivity contribution in [1.29, 1.82) is 0 Å². The van der Waals surface area contributed by atoms with Gasteiger partial charge in [0.1, 0.15) is 0 Å². The van der Waals surface area contributed by atoms with Crippen LogP contribution in [0.4, 0.5) is 0 Å². The van der Waals surface area contributed by atoms with Crippen LogP contribution in [0.2, 0.25) is 0 Å². The van der Waals surface area contributed by atoms with Gasteiger partial charge in [0.2, 0.25) is 11.8 Å². The van der Waals surface area contributed by atoms with Crippen molar-refractivity contribution in [3.05, 3.63) is 0 Å². The number of piperazine rings is 1. The molecule has 0 bridgehead atoms. The molecule has 19 heavy (non-hydrogen) atoms. The highest BCUT2D eigenvalue weighted by Crippen LogP contribution is 2.09. The first-order chi connectivity index (χ1) is 9.16. The molecule has 0 saturated carbocycles. The van der Waals surface area contributed by atoms with Gasteiger partial charge in [-0.15, -0.1) is 0 Å². The van der Waals surface area contributed by atoms with Gasteiger partial charge in [0.15, 0.2) is 0 Å². The van der Waals surface area contributed by atoms with Crippen molar-refractivity contribution in [2.45, 2.75) is 33.6 Å². The van der Waals surface area contributed by atoms with Gasteiger partial charge in [0.25, 0.3) is 0 Å². The molecule has 0 atom stereocenters. The standard InChI is InChI=1S/C12H21N3O2.C2H6/c1-11(16)14-8-6-13(7-9-14)10-12(17)15-4-2-3-5-15;1-2/h2-10H2,1H3;1-2H3. The van der Waals surface area contributed by atoms with Gasteiger partial charge in [-0.25, -0.2) is 0 Å². The Kier molecular flexibility index (Phi) is 6.84. The zero-order valence-electron chi connectivity index (χ0n) is 12.5. The van der Waals surface area contributed by atoms with E-state index >= 15 is 0 Å². The summed E-state index contributed by atoms with van der Waals surface area (Å²) < 4.78 is 0. The average Bonchev–Trinajstić information content (AvgIpc) is 2.95. The number of likely N-dealkylation sites (tertiary alicyclic amines) is 1. The summed E-state index contributed by atoms with van der Waals surface area (Å²) in [5.41, 5.74) is 0. The molecule has 110 valence electrons. The highest BCUT2D eigenvalue weighted by molar-refractivity contribution is 5.78. The maximum absolute atomic E-state index is 11.9. The fraction of sp³-hybridized carbons (Fsp3) is 0.857. The van der Waals surface area contributed by atoms with Crippen LogP contribution in [0, 0.1) is 0 Å². The molecule has 2 aliphatic heterocycles. The van der Waals surface area contributed by atoms with Crippen LogP contribution in [0.1, 0.15) is 33.6 Å². The normalized spacial score (nSPS) is 19.9. The number of carbonyl (C=O) groups excluding carboxylic acids is 2. The Hall–Kier alpha value is -1.10. The number of nitrogens with zero attached hydrogens (tertiary/aromatic N) is 3. The molecule has 2 amide bonds. The summed E-state index contributed by atoms with van der Waals surface area (Å²) in [6.45, 7) is 11.1. The van der Waals surface area contributed by atoms with E-state index in [-0.39, 0.29) is 11.8 Å². The SMILES string of the molecule is CC.CC(=O)N1CCN(CC(=O)N2CCCC2)CC1. The fourth-order valence-electron chi connectivity index (χ4n) is 2.48. The van der Waals surface area contributed by atoms with E-state index in [9.17, 15) is 9.59 Å². The molecule has 5 nitrogen and oxygen atoms in total. The van der Waals surface area contributed by atoms with Gasteiger partial charge in [-0.2, -0.15) is 0 Å². The molecule has 0 unspecified atom stereocenters. The second-order valence-corrected chi connectivity index (χ2v) is 4.87. The number of hydrogen-bond acceptors (Lipinski definition) is 3. The molecule has 0 aromatic heterocycles. The second kappa shape index (κ2) is 8.15. The highest BCUT2D eigenvalue weighted by atomic mass is 16.2. The summed E-state index contributed by atoms with van der Waals surface area (Å²) in [5, 5.41) is 0. The van der Waals surface area contributed by atoms with E-state index in [4.69, 9.17) is 0 Å². The van der Waals surface area contributed by atoms with Crippen molar-refractivity contribution < 1.29 is 9.59 Å². The van der Waals surface area contributed by atoms with Gasteiger partial charge < -0.3 is 9.80 Å². The van der Waals surface area contributed by atoms with Crippen LogP contribution in [0.15, 0.2) is 0 Å². The van der Waals surface area contributed by atoms with Crippen LogP contribution in [0.3, 0.4) is 0 Å². The maximum atomic E-state index is 11.9. The average molecular weight is 269 g/mol. The van der Waals surface area contributed by atoms with Gasteiger partial charge in [-0.1, -0.05) is 13.8 Å². The van der Waals surface area contributed by atoms with Crippen LogP contribution in [-0.2, 0) is 9.59 Å². The minimum atomic E-state index is 0.135. The molecule has 0 N–H and O–H groups in total. The van der Waals surface area contributed by atoms with Gasteiger partial charge in [0, 0.05) is 46.2 Å². The maximum Gasteiger partial charge on any atom is 0.236 e. The number of rotatable bonds is 2. The monoisotopic (exact) mass is 269 g/mol. The molecule has 5 heteroatoms. The van der Waals surface area contributed by atoms with Gasteiger partial charge in [0.05, 0.1) is 6.54 Å². The van der Waals surface area contributed by atoms with Crippen LogP contribution in [0.25, 0.3) is 0 Å². The zero-order chi connectivity index (χ0) is 14.3. The molecule has 2 heterocycles. The predicted molar refractivity (Wildman–Crippen MR) is 75.9 cm³/mol. The third kappa shape index (κ3) is 4.82. The molecule has 0 aromatic carbocycles. The molecule has 0 radical (unpaired) electrons. The van der Waals surface area contributed by atoms with Gasteiger partial charge in [-0.05, 0) is 12.8 Å². The van der Waals surface area contributed by atoms with Crippen molar-refractivity contribution in [2.24, 2.45) is 0 Å². The predicted octanol–water partition coefficient (Wildman–Crippen LogP) is 0.799. The van der Waals surface area contributed by atoms with E-state index in [1.54, 1.807) is 6.92 Å². The van der Waals surface area contributed by atoms with Crippen LogP contribution >= 0.6 is 0 Å². The Morgan fingerprint density at radius 2 is 1.37 bits per heavy atom. The lowest BCUT2D eigenvalue weighted by atomic mass is 10.3. The summed E-state index contributed by atoms with van der Waals surface area (Å²) in [7, 11) is 0. The summed E-state index contributed by atoms with van der Waals surface area (Å²) in [4.78, 5) is 29.1. The first kappa shape index (κ1) is 16.0. The topological polar surface area (TPSA) is 43.9 Å². The molecular weight excluding hydrogens is 242 g/mol. The van der Waals surface area contributed by atoms with Crippen LogP contribution < -0.4 is 0 Å². The van der Waals surface area contributed by atoms with Crippen molar-refractivity contribution in [2.75, 3.05) is 45.8 Å². The zero-order valence-corrected chi connectivity index (χ0v) is 12.5. The summed E-state index contributed by atoms with van der Waals surface area (Å²) in [6.07, 6.45) is 2.29. The Morgan fingerprint density at radius 3 is 1.84 bits per heavy atom. The minimum absolute atomic E-state index is 0.135. The van der Waals surface area contributed by atoms with E-state index in [1.807, 2.05) is 23.6 Å². The molecule has 0 spiro atoms. The van der Waals surface area contributed by atoms with E-state index < -0.39 is 0 Å². The molecule has 0 aromatic rings. The lowest BCUT2D eigenvalue weighted by Gasteiger charge is -2.34. The minimum Gasteiger partial charge on any atom is -0.342 e. The van der Waals surface area contributed by atoms with Crippen molar-refractivity contribution >= 4 is 11.8 Å². The molecular formula is C14H27N3O2. The van der Waals surface area contributed by atoms with Gasteiger partial charge >= 0.3 is 0 Å². The molecule has 2 aliphatic rings. The Morgan fingerprint density at radius 1 is 0.842 bits per heavy atom. The van der Waals surface area contributed by atoms with E-state index in [2.05, 4.69) is 4.90 Å². The second-order valence-electron chi connectivity index (χ2n) is 4.87. The lowest BCUT2D eigenvalue weighted by Crippen LogP contribution is -2.50. The van der Waals surface area contributed by atoms with E-state index in [0.29, 0.717) is 6.54 Å². The molecule has 2 fully saturated rings. The number of hydrogen-bond donors (Lipinski definition) is 0. The largest absolute Gasteiger partial charge is 0.342 e. The van der Waals surface area contributed by atoms with E-state index in [0.717, 1.165) is 52.1 Å². The molecule has 2 rings (SSSR count). The highest BCUT2D eigenvalue weighted by Gasteiger charge is 2.23. The first-order valence-electron chi connectivity index (χ1n) is 7.42. The summed E-state index contributed by atoms with van der Waals surface area (Å²) in [6, 6.07) is 0. The van der Waals surface area contributed by atoms with Crippen molar-refractivity contribution in [3.63, 3.8) is 0 Å². The Labute approximate surface area is 116 Å². The summed E-state index contributed by atoms with van der Waals surface area (Å²) in [5.74, 6) is 0.384. The third-order valence-corrected chi connectivity index (χ3v) is 3.64. The van der Waals surface area contributed by atoms with Crippen LogP contribution in [-0.4, -0.2) is 72.3 Å². The third-order valence-electron chi connectivity index (χ3n) is 3.64. The molecule has 0 aliphatic carbocycles. The lowest BCUT2D eigenvalue weighted by molar-refractivity contribution is -0.133. The number of carbonyl (C=O) groups is 2. The fourth-order valence-corrected chi connectivity index (χ4v) is 2.48. The number of amides is 2. The molecule has 2 saturated heterocycles. The van der Waals surface area contributed by atoms with Crippen molar-refractivity contribution in [1.82, 2.24) is 14.7 Å². The first-order valence-corrected chi connectivity index (χ1v) is 7.42. The Bertz CT molecular complexity index is 293.